The Morgan fingerprint density at radius 3 is 2.67 bits per heavy atom. The predicted molar refractivity (Wildman–Crippen MR) is 94.7 cm³/mol. The number of carbonyl (C=O) groups excluding carboxylic acids is 1. The first-order valence-electron chi connectivity index (χ1n) is 9.24. The van der Waals surface area contributed by atoms with Crippen molar-refractivity contribution in [2.24, 2.45) is 0 Å². The summed E-state index contributed by atoms with van der Waals surface area (Å²) in [5.74, 6) is 0.0777. The Bertz CT molecular complexity index is 800. The molecule has 3 heterocycles. The van der Waals surface area contributed by atoms with E-state index in [-0.39, 0.29) is 29.7 Å². The zero-order valence-corrected chi connectivity index (χ0v) is 15.6. The molecule has 1 fully saturated rings. The third-order valence-electron chi connectivity index (χ3n) is 5.01. The van der Waals surface area contributed by atoms with Crippen LogP contribution in [0.25, 0.3) is 5.57 Å². The second-order valence-electron chi connectivity index (χ2n) is 8.26. The van der Waals surface area contributed by atoms with E-state index in [0.717, 1.165) is 30.4 Å². The van der Waals surface area contributed by atoms with E-state index < -0.39 is 11.9 Å². The molecule has 0 saturated carbocycles. The van der Waals surface area contributed by atoms with Crippen molar-refractivity contribution in [1.82, 2.24) is 4.90 Å². The highest BCUT2D eigenvalue weighted by Gasteiger charge is 2.44. The molecule has 3 aliphatic heterocycles. The maximum absolute atomic E-state index is 13.3. The molecule has 0 aliphatic carbocycles. The van der Waals surface area contributed by atoms with Crippen LogP contribution in [0.2, 0.25) is 0 Å². The number of alkyl halides is 2. The van der Waals surface area contributed by atoms with Crippen molar-refractivity contribution in [1.29, 1.82) is 0 Å². The SMILES string of the molecule is CC(C)(C)OC(=O)N1C2C=C(c3ccc4c(c3)OC(F)(F)O4)CC1CCC2. The molecule has 1 amide bonds. The first kappa shape index (κ1) is 18.1. The van der Waals surface area contributed by atoms with Crippen molar-refractivity contribution >= 4 is 11.7 Å². The average Bonchev–Trinajstić information content (AvgIpc) is 2.84. The molecule has 27 heavy (non-hydrogen) atoms. The number of hydrogen-bond donors (Lipinski definition) is 0. The summed E-state index contributed by atoms with van der Waals surface area (Å²) in [5, 5.41) is 0. The highest BCUT2D eigenvalue weighted by Crippen LogP contribution is 2.44. The second-order valence-corrected chi connectivity index (χ2v) is 8.26. The van der Waals surface area contributed by atoms with Gasteiger partial charge in [0, 0.05) is 6.04 Å². The lowest BCUT2D eigenvalue weighted by molar-refractivity contribution is -0.286. The molecule has 2 bridgehead atoms. The number of nitrogens with zero attached hydrogens (tertiary/aromatic N) is 1. The Balaban J connectivity index is 1.59. The van der Waals surface area contributed by atoms with Crippen molar-refractivity contribution in [3.63, 3.8) is 0 Å². The van der Waals surface area contributed by atoms with Crippen LogP contribution >= 0.6 is 0 Å². The monoisotopic (exact) mass is 379 g/mol. The van der Waals surface area contributed by atoms with E-state index in [1.807, 2.05) is 25.7 Å². The fourth-order valence-electron chi connectivity index (χ4n) is 3.99. The van der Waals surface area contributed by atoms with E-state index in [1.54, 1.807) is 12.1 Å². The molecule has 3 aliphatic rings. The number of fused-ring (bicyclic) bond motifs is 3. The van der Waals surface area contributed by atoms with Crippen LogP contribution in [0.3, 0.4) is 0 Å². The molecule has 0 N–H and O–H groups in total. The third-order valence-corrected chi connectivity index (χ3v) is 5.01. The predicted octanol–water partition coefficient (Wildman–Crippen LogP) is 4.95. The molecule has 4 rings (SSSR count). The number of hydrogen-bond acceptors (Lipinski definition) is 4. The number of rotatable bonds is 1. The lowest BCUT2D eigenvalue weighted by atomic mass is 9.83. The molecule has 146 valence electrons. The number of carbonyl (C=O) groups is 1. The van der Waals surface area contributed by atoms with Crippen LogP contribution in [0.5, 0.6) is 11.5 Å². The van der Waals surface area contributed by atoms with Crippen LogP contribution < -0.4 is 9.47 Å². The number of halogens is 2. The van der Waals surface area contributed by atoms with Crippen molar-refractivity contribution in [3.8, 4) is 11.5 Å². The zero-order valence-electron chi connectivity index (χ0n) is 15.6. The van der Waals surface area contributed by atoms with Gasteiger partial charge in [0.1, 0.15) is 5.60 Å². The fourth-order valence-corrected chi connectivity index (χ4v) is 3.99. The molecule has 1 aromatic rings. The molecule has 2 unspecified atom stereocenters. The topological polar surface area (TPSA) is 48.0 Å². The lowest BCUT2D eigenvalue weighted by Crippen LogP contribution is -2.53. The molecule has 2 atom stereocenters. The fraction of sp³-hybridized carbons (Fsp3) is 0.550. The Morgan fingerprint density at radius 1 is 1.22 bits per heavy atom. The number of ether oxygens (including phenoxy) is 3. The lowest BCUT2D eigenvalue weighted by Gasteiger charge is -2.45. The molecule has 0 spiro atoms. The van der Waals surface area contributed by atoms with E-state index in [0.29, 0.717) is 6.42 Å². The Hall–Kier alpha value is -2.31. The van der Waals surface area contributed by atoms with Gasteiger partial charge in [-0.25, -0.2) is 4.79 Å². The summed E-state index contributed by atoms with van der Waals surface area (Å²) in [6.45, 7) is 5.57. The number of piperidine rings is 1. The van der Waals surface area contributed by atoms with Crippen LogP contribution in [0.1, 0.15) is 52.0 Å². The minimum Gasteiger partial charge on any atom is -0.444 e. The highest BCUT2D eigenvalue weighted by molar-refractivity contribution is 5.75. The highest BCUT2D eigenvalue weighted by atomic mass is 19.3. The van der Waals surface area contributed by atoms with Crippen LogP contribution in [0, 0.1) is 0 Å². The van der Waals surface area contributed by atoms with E-state index in [9.17, 15) is 13.6 Å². The first-order valence-corrected chi connectivity index (χ1v) is 9.24. The molecule has 0 radical (unpaired) electrons. The van der Waals surface area contributed by atoms with Crippen molar-refractivity contribution in [3.05, 3.63) is 29.8 Å². The minimum atomic E-state index is -3.62. The molecular weight excluding hydrogens is 356 g/mol. The Labute approximate surface area is 156 Å². The molecule has 7 heteroatoms. The summed E-state index contributed by atoms with van der Waals surface area (Å²) in [6.07, 6.45) is 1.61. The molecule has 1 aromatic carbocycles. The zero-order chi connectivity index (χ0) is 19.4. The van der Waals surface area contributed by atoms with E-state index in [1.165, 1.54) is 6.07 Å². The van der Waals surface area contributed by atoms with Gasteiger partial charge in [-0.3, -0.25) is 4.90 Å². The van der Waals surface area contributed by atoms with Gasteiger partial charge in [0.05, 0.1) is 6.04 Å². The van der Waals surface area contributed by atoms with Gasteiger partial charge in [0.2, 0.25) is 0 Å². The molecule has 1 saturated heterocycles. The van der Waals surface area contributed by atoms with Crippen molar-refractivity contribution < 1.29 is 27.8 Å². The average molecular weight is 379 g/mol. The maximum Gasteiger partial charge on any atom is 0.586 e. The maximum atomic E-state index is 13.3. The van der Waals surface area contributed by atoms with Gasteiger partial charge in [-0.05, 0) is 69.7 Å². The number of amides is 1. The van der Waals surface area contributed by atoms with Crippen LogP contribution in [0.15, 0.2) is 24.3 Å². The summed E-state index contributed by atoms with van der Waals surface area (Å²) < 4.78 is 41.1. The van der Waals surface area contributed by atoms with Gasteiger partial charge < -0.3 is 14.2 Å². The molecular formula is C20H23F2NO4. The summed E-state index contributed by atoms with van der Waals surface area (Å²) in [6, 6.07) is 4.84. The van der Waals surface area contributed by atoms with Crippen LogP contribution in [-0.4, -0.2) is 35.0 Å². The minimum absolute atomic E-state index is 0.0377. The van der Waals surface area contributed by atoms with E-state index >= 15 is 0 Å². The van der Waals surface area contributed by atoms with Gasteiger partial charge in [-0.15, -0.1) is 8.78 Å². The van der Waals surface area contributed by atoms with Gasteiger partial charge >= 0.3 is 12.4 Å². The van der Waals surface area contributed by atoms with Crippen LogP contribution in [-0.2, 0) is 4.74 Å². The van der Waals surface area contributed by atoms with Crippen molar-refractivity contribution in [2.45, 2.75) is 70.4 Å². The summed E-state index contributed by atoms with van der Waals surface area (Å²) in [5.41, 5.74) is 1.31. The van der Waals surface area contributed by atoms with Crippen LogP contribution in [0.4, 0.5) is 13.6 Å². The van der Waals surface area contributed by atoms with Gasteiger partial charge in [-0.1, -0.05) is 12.1 Å². The standard InChI is InChI=1S/C20H23F2NO4/c1-19(2,3)27-18(24)23-14-5-4-6-15(23)10-13(9-14)12-7-8-16-17(11-12)26-20(21,22)25-16/h7-9,11,14-15H,4-6,10H2,1-3H3. The smallest absolute Gasteiger partial charge is 0.444 e. The summed E-state index contributed by atoms with van der Waals surface area (Å²) in [4.78, 5) is 14.5. The normalized spacial score (nSPS) is 25.8. The van der Waals surface area contributed by atoms with Gasteiger partial charge in [0.15, 0.2) is 11.5 Å². The van der Waals surface area contributed by atoms with E-state index in [2.05, 4.69) is 15.5 Å². The van der Waals surface area contributed by atoms with Gasteiger partial charge in [0.25, 0.3) is 0 Å². The number of benzene rings is 1. The first-order chi connectivity index (χ1) is 12.6. The summed E-state index contributed by atoms with van der Waals surface area (Å²) >= 11 is 0. The van der Waals surface area contributed by atoms with Crippen molar-refractivity contribution in [2.75, 3.05) is 0 Å². The Morgan fingerprint density at radius 2 is 1.96 bits per heavy atom. The largest absolute Gasteiger partial charge is 0.586 e. The second kappa shape index (κ2) is 6.11. The van der Waals surface area contributed by atoms with E-state index in [4.69, 9.17) is 4.74 Å². The quantitative estimate of drug-likeness (QED) is 0.692. The molecule has 5 nitrogen and oxygen atoms in total. The third kappa shape index (κ3) is 3.59. The van der Waals surface area contributed by atoms with Gasteiger partial charge in [-0.2, -0.15) is 0 Å². The Kier molecular flexibility index (Phi) is 4.09. The summed E-state index contributed by atoms with van der Waals surface area (Å²) in [7, 11) is 0. The molecule has 0 aromatic heterocycles.